The van der Waals surface area contributed by atoms with Crippen LogP contribution in [0, 0.1) is 0 Å². The van der Waals surface area contributed by atoms with Gasteiger partial charge in [-0.3, -0.25) is 0 Å². The third-order valence-corrected chi connectivity index (χ3v) is 5.50. The Hall–Kier alpha value is -2.38. The Balaban J connectivity index is 1.90. The van der Waals surface area contributed by atoms with Gasteiger partial charge in [-0.2, -0.15) is 0 Å². The average molecular weight is 404 g/mol. The highest BCUT2D eigenvalue weighted by Crippen LogP contribution is 2.24. The molecule has 0 spiro atoms. The molecule has 2 rings (SSSR count). The van der Waals surface area contributed by atoms with Crippen LogP contribution in [0.3, 0.4) is 0 Å². The molecule has 1 N–H and O–H groups in total. The van der Waals surface area contributed by atoms with Crippen LogP contribution >= 0.6 is 23.5 Å². The van der Waals surface area contributed by atoms with Crippen molar-refractivity contribution in [2.24, 2.45) is 0 Å². The number of hydroxylamine groups is 1. The Morgan fingerprint density at radius 2 is 1.44 bits per heavy atom. The van der Waals surface area contributed by atoms with E-state index in [1.807, 2.05) is 66.1 Å². The number of carbonyl (C=O) groups excluding carboxylic acids is 2. The van der Waals surface area contributed by atoms with E-state index in [1.54, 1.807) is 23.5 Å². The fourth-order valence-electron chi connectivity index (χ4n) is 1.88. The molecule has 27 heavy (non-hydrogen) atoms. The van der Waals surface area contributed by atoms with E-state index in [9.17, 15) is 9.59 Å². The van der Waals surface area contributed by atoms with E-state index in [0.717, 1.165) is 9.79 Å². The maximum absolute atomic E-state index is 11.9. The minimum atomic E-state index is -0.808. The van der Waals surface area contributed by atoms with Crippen molar-refractivity contribution in [1.29, 1.82) is 0 Å². The molecule has 2 aromatic rings. The normalized spacial score (nSPS) is 10.3. The van der Waals surface area contributed by atoms with Gasteiger partial charge >= 0.3 is 12.1 Å². The zero-order valence-electron chi connectivity index (χ0n) is 14.9. The van der Waals surface area contributed by atoms with Crippen LogP contribution in [0.5, 0.6) is 0 Å². The predicted octanol–water partition coefficient (Wildman–Crippen LogP) is 4.70. The van der Waals surface area contributed by atoms with E-state index in [-0.39, 0.29) is 11.7 Å². The molecule has 0 bridgehead atoms. The molecule has 2 aromatic carbocycles. The second-order valence-corrected chi connectivity index (χ2v) is 7.73. The number of rotatable bonds is 8. The molecule has 0 aliphatic carbocycles. The first kappa shape index (κ1) is 20.9. The van der Waals surface area contributed by atoms with Gasteiger partial charge in [0.15, 0.2) is 0 Å². The zero-order valence-corrected chi connectivity index (χ0v) is 16.6. The molecule has 7 heteroatoms. The lowest BCUT2D eigenvalue weighted by Gasteiger charge is -2.17. The van der Waals surface area contributed by atoms with Gasteiger partial charge in [0.05, 0.1) is 0 Å². The first-order chi connectivity index (χ1) is 13.0. The van der Waals surface area contributed by atoms with E-state index in [2.05, 4.69) is 11.4 Å². The van der Waals surface area contributed by atoms with Crippen molar-refractivity contribution in [2.45, 2.75) is 22.8 Å². The molecule has 0 saturated heterocycles. The summed E-state index contributed by atoms with van der Waals surface area (Å²) in [5, 5.41) is 0. The highest BCUT2D eigenvalue weighted by Gasteiger charge is 2.17. The van der Waals surface area contributed by atoms with Gasteiger partial charge in [-0.15, -0.1) is 29.0 Å². The second kappa shape index (κ2) is 11.4. The monoisotopic (exact) mass is 403 g/mol. The molecule has 5 nitrogen and oxygen atoms in total. The minimum Gasteiger partial charge on any atom is -0.442 e. The Kier molecular flexibility index (Phi) is 8.80. The summed E-state index contributed by atoms with van der Waals surface area (Å²) in [6.07, 6.45) is -1.18. The number of thioether (sulfide) groups is 2. The number of nitrogens with one attached hydrogen (secondary N) is 1. The summed E-state index contributed by atoms with van der Waals surface area (Å²) in [6.45, 7) is 4.94. The van der Waals surface area contributed by atoms with Crippen LogP contribution < -0.4 is 5.48 Å². The number of ether oxygens (including phenoxy) is 1. The van der Waals surface area contributed by atoms with Crippen LogP contribution in [0.4, 0.5) is 4.79 Å². The van der Waals surface area contributed by atoms with E-state index in [4.69, 9.17) is 4.74 Å². The summed E-state index contributed by atoms with van der Waals surface area (Å²) in [7, 11) is 0. The molecular weight excluding hydrogens is 382 g/mol. The third-order valence-electron chi connectivity index (χ3n) is 3.21. The van der Waals surface area contributed by atoms with Gasteiger partial charge in [-0.1, -0.05) is 43.0 Å². The van der Waals surface area contributed by atoms with Gasteiger partial charge in [0.2, 0.25) is 0 Å². The first-order valence-corrected chi connectivity index (χ1v) is 10.2. The summed E-state index contributed by atoms with van der Waals surface area (Å²) in [5.41, 5.74) is 2.19. The van der Waals surface area contributed by atoms with Gasteiger partial charge < -0.3 is 9.57 Å². The highest BCUT2D eigenvalue weighted by atomic mass is 32.2. The van der Waals surface area contributed by atoms with Gasteiger partial charge in [0.25, 0.3) is 0 Å². The van der Waals surface area contributed by atoms with Crippen LogP contribution in [-0.2, 0) is 14.4 Å². The van der Waals surface area contributed by atoms with Crippen molar-refractivity contribution in [3.63, 3.8) is 0 Å². The third kappa shape index (κ3) is 8.23. The molecule has 0 aliphatic heterocycles. The first-order valence-electron chi connectivity index (χ1n) is 8.23. The molecule has 142 valence electrons. The maximum Gasteiger partial charge on any atom is 0.441 e. The topological polar surface area (TPSA) is 64.6 Å². The van der Waals surface area contributed by atoms with Crippen LogP contribution in [0.2, 0.25) is 0 Å². The number of amides is 1. The highest BCUT2D eigenvalue weighted by molar-refractivity contribution is 8.00. The van der Waals surface area contributed by atoms with Gasteiger partial charge in [-0.25, -0.2) is 9.59 Å². The lowest BCUT2D eigenvalue weighted by atomic mass is 10.4. The molecule has 1 amide bonds. The van der Waals surface area contributed by atoms with Crippen molar-refractivity contribution in [3.05, 3.63) is 72.8 Å². The van der Waals surface area contributed by atoms with Crippen LogP contribution in [-0.4, -0.2) is 29.7 Å². The minimum absolute atomic E-state index is 0.186. The molecule has 0 fully saturated rings. The number of carbonyl (C=O) groups is 2. The van der Waals surface area contributed by atoms with Crippen LogP contribution in [0.25, 0.3) is 0 Å². The van der Waals surface area contributed by atoms with Gasteiger partial charge in [0.1, 0.15) is 6.10 Å². The van der Waals surface area contributed by atoms with Gasteiger partial charge in [-0.05, 0) is 31.2 Å². The molecular formula is C20H21NO4S2. The Morgan fingerprint density at radius 1 is 0.963 bits per heavy atom. The molecule has 0 aliphatic rings. The van der Waals surface area contributed by atoms with Crippen molar-refractivity contribution in [1.82, 2.24) is 5.48 Å². The quantitative estimate of drug-likeness (QED) is 0.392. The Labute approximate surface area is 167 Å². The number of hydrogen-bond donors (Lipinski definition) is 1. The maximum atomic E-state index is 11.9. The van der Waals surface area contributed by atoms with E-state index in [0.29, 0.717) is 11.5 Å². The summed E-state index contributed by atoms with van der Waals surface area (Å²) in [5.74, 6) is 0.443. The molecule has 0 unspecified atom stereocenters. The standard InChI is InChI=1S/C20H21NO4S2/c1-15(2)19(22)25-21-20(23)24-16(13-26-17-9-5-3-6-10-17)14-27-18-11-7-4-8-12-18/h3-12,16H,1,13-14H2,2H3,(H,21,23). The second-order valence-electron chi connectivity index (χ2n) is 5.55. The molecule has 0 atom stereocenters. The molecule has 0 radical (unpaired) electrons. The van der Waals surface area contributed by atoms with E-state index < -0.39 is 12.1 Å². The number of hydrogen-bond acceptors (Lipinski definition) is 6. The van der Waals surface area contributed by atoms with Crippen LogP contribution in [0.15, 0.2) is 82.6 Å². The van der Waals surface area contributed by atoms with Gasteiger partial charge in [0, 0.05) is 26.9 Å². The van der Waals surface area contributed by atoms with Crippen molar-refractivity contribution < 1.29 is 19.2 Å². The van der Waals surface area contributed by atoms with Crippen LogP contribution in [0.1, 0.15) is 6.92 Å². The lowest BCUT2D eigenvalue weighted by Crippen LogP contribution is -2.33. The Bertz CT molecular complexity index is 710. The van der Waals surface area contributed by atoms with Crippen molar-refractivity contribution in [3.8, 4) is 0 Å². The SMILES string of the molecule is C=C(C)C(=O)ONC(=O)OC(CSc1ccccc1)CSc1ccccc1. The van der Waals surface area contributed by atoms with Crippen molar-refractivity contribution >= 4 is 35.6 Å². The molecule has 0 saturated carbocycles. The fraction of sp³-hybridized carbons (Fsp3) is 0.200. The van der Waals surface area contributed by atoms with Crippen molar-refractivity contribution in [2.75, 3.05) is 11.5 Å². The summed E-state index contributed by atoms with van der Waals surface area (Å²) < 4.78 is 5.43. The fourth-order valence-corrected chi connectivity index (χ4v) is 3.86. The molecule has 0 aromatic heterocycles. The summed E-state index contributed by atoms with van der Waals surface area (Å²) >= 11 is 3.19. The average Bonchev–Trinajstić information content (AvgIpc) is 2.69. The lowest BCUT2D eigenvalue weighted by molar-refractivity contribution is -0.145. The van der Waals surface area contributed by atoms with E-state index >= 15 is 0 Å². The number of benzene rings is 2. The summed E-state index contributed by atoms with van der Waals surface area (Å²) in [4.78, 5) is 30.1. The van der Waals surface area contributed by atoms with E-state index in [1.165, 1.54) is 6.92 Å². The smallest absolute Gasteiger partial charge is 0.441 e. The molecule has 0 heterocycles. The largest absolute Gasteiger partial charge is 0.442 e. The predicted molar refractivity (Wildman–Crippen MR) is 109 cm³/mol. The summed E-state index contributed by atoms with van der Waals surface area (Å²) in [6, 6.07) is 19.7. The zero-order chi connectivity index (χ0) is 19.5. The Morgan fingerprint density at radius 3 is 1.89 bits per heavy atom.